The zero-order valence-corrected chi connectivity index (χ0v) is 6.70. The van der Waals surface area contributed by atoms with Gasteiger partial charge >= 0.3 is 5.97 Å². The lowest BCUT2D eigenvalue weighted by molar-refractivity contribution is -0.149. The molecular weight excluding hydrogens is 144 g/mol. The number of aliphatic hydroxyl groups excluding tert-OH is 1. The Morgan fingerprint density at radius 2 is 2.45 bits per heavy atom. The zero-order valence-electron chi connectivity index (χ0n) is 6.70. The molecule has 0 bridgehead atoms. The average molecular weight is 156 g/mol. The van der Waals surface area contributed by atoms with Crippen LogP contribution in [0.3, 0.4) is 0 Å². The number of carbonyl (C=O) groups is 1. The van der Waals surface area contributed by atoms with Gasteiger partial charge in [-0.3, -0.25) is 0 Å². The number of ether oxygens (including phenoxy) is 1. The summed E-state index contributed by atoms with van der Waals surface area (Å²) in [5.74, 6) is -0.523. The van der Waals surface area contributed by atoms with Crippen LogP contribution in [0.1, 0.15) is 20.3 Å². The predicted octanol–water partition coefficient (Wildman–Crippen LogP) is 0.629. The first-order chi connectivity index (χ1) is 5.07. The van der Waals surface area contributed by atoms with Crippen molar-refractivity contribution in [2.75, 3.05) is 0 Å². The van der Waals surface area contributed by atoms with Crippen molar-refractivity contribution >= 4 is 5.97 Å². The van der Waals surface area contributed by atoms with Crippen molar-refractivity contribution in [2.24, 2.45) is 0 Å². The standard InChI is InChI=1S/C8H12O3/c1-3-4-8(2)5-6(9)7(10)11-8/h3-4,6,9H,5H2,1-2H3/b4-3+/t6-,8+/m0/s1. The highest BCUT2D eigenvalue weighted by molar-refractivity contribution is 5.77. The molecule has 1 heterocycles. The van der Waals surface area contributed by atoms with E-state index in [9.17, 15) is 4.79 Å². The minimum atomic E-state index is -0.948. The molecule has 0 aromatic carbocycles. The van der Waals surface area contributed by atoms with Gasteiger partial charge in [-0.05, 0) is 19.9 Å². The van der Waals surface area contributed by atoms with Gasteiger partial charge in [0.05, 0.1) is 0 Å². The van der Waals surface area contributed by atoms with Crippen LogP contribution in [0.15, 0.2) is 12.2 Å². The van der Waals surface area contributed by atoms with E-state index in [1.54, 1.807) is 13.0 Å². The van der Waals surface area contributed by atoms with Crippen LogP contribution >= 0.6 is 0 Å². The normalized spacial score (nSPS) is 38.1. The van der Waals surface area contributed by atoms with Gasteiger partial charge < -0.3 is 9.84 Å². The SMILES string of the molecule is C/C=C/[C@]1(C)C[C@H](O)C(=O)O1. The molecule has 0 aliphatic carbocycles. The first kappa shape index (κ1) is 8.27. The number of hydrogen-bond acceptors (Lipinski definition) is 3. The lowest BCUT2D eigenvalue weighted by Gasteiger charge is -2.16. The predicted molar refractivity (Wildman–Crippen MR) is 39.9 cm³/mol. The number of allylic oxidation sites excluding steroid dienone is 1. The van der Waals surface area contributed by atoms with Gasteiger partial charge in [0, 0.05) is 6.42 Å². The summed E-state index contributed by atoms with van der Waals surface area (Å²) in [5.41, 5.74) is -0.592. The molecule has 1 aliphatic heterocycles. The summed E-state index contributed by atoms with van der Waals surface area (Å²) in [5, 5.41) is 9.05. The molecule has 3 heteroatoms. The van der Waals surface area contributed by atoms with Gasteiger partial charge in [-0.15, -0.1) is 0 Å². The van der Waals surface area contributed by atoms with E-state index >= 15 is 0 Å². The number of esters is 1. The maximum absolute atomic E-state index is 10.8. The molecule has 1 aliphatic rings. The van der Waals surface area contributed by atoms with Crippen molar-refractivity contribution in [2.45, 2.75) is 32.0 Å². The molecule has 62 valence electrons. The topological polar surface area (TPSA) is 46.5 Å². The summed E-state index contributed by atoms with van der Waals surface area (Å²) in [4.78, 5) is 10.8. The molecule has 0 spiro atoms. The summed E-state index contributed by atoms with van der Waals surface area (Å²) in [7, 11) is 0. The van der Waals surface area contributed by atoms with Gasteiger partial charge in [-0.25, -0.2) is 4.79 Å². The van der Waals surface area contributed by atoms with Crippen molar-refractivity contribution in [1.29, 1.82) is 0 Å². The Labute approximate surface area is 65.7 Å². The van der Waals surface area contributed by atoms with Crippen molar-refractivity contribution in [3.8, 4) is 0 Å². The fourth-order valence-electron chi connectivity index (χ4n) is 1.26. The van der Waals surface area contributed by atoms with E-state index in [1.165, 1.54) is 0 Å². The van der Waals surface area contributed by atoms with Gasteiger partial charge in [-0.2, -0.15) is 0 Å². The zero-order chi connectivity index (χ0) is 8.48. The van der Waals surface area contributed by atoms with Crippen LogP contribution in [0.25, 0.3) is 0 Å². The number of cyclic esters (lactones) is 1. The van der Waals surface area contributed by atoms with Crippen LogP contribution in [-0.4, -0.2) is 22.8 Å². The first-order valence-electron chi connectivity index (χ1n) is 3.62. The van der Waals surface area contributed by atoms with Gasteiger partial charge in [0.25, 0.3) is 0 Å². The quantitative estimate of drug-likeness (QED) is 0.447. The molecule has 0 amide bonds. The van der Waals surface area contributed by atoms with E-state index in [0.717, 1.165) is 0 Å². The molecule has 0 aromatic rings. The van der Waals surface area contributed by atoms with Crippen molar-refractivity contribution in [3.05, 3.63) is 12.2 Å². The molecule has 1 fully saturated rings. The van der Waals surface area contributed by atoms with E-state index in [4.69, 9.17) is 9.84 Å². The second-order valence-corrected chi connectivity index (χ2v) is 2.95. The average Bonchev–Trinajstić information content (AvgIpc) is 2.08. The number of hydrogen-bond donors (Lipinski definition) is 1. The summed E-state index contributed by atoms with van der Waals surface area (Å²) < 4.78 is 4.93. The Morgan fingerprint density at radius 3 is 2.82 bits per heavy atom. The molecular formula is C8H12O3. The van der Waals surface area contributed by atoms with Crippen LogP contribution in [0.2, 0.25) is 0 Å². The second kappa shape index (κ2) is 2.66. The smallest absolute Gasteiger partial charge is 0.335 e. The Kier molecular flexibility index (Phi) is 2.00. The summed E-state index contributed by atoms with van der Waals surface area (Å²) >= 11 is 0. The fourth-order valence-corrected chi connectivity index (χ4v) is 1.26. The van der Waals surface area contributed by atoms with Crippen LogP contribution in [0.5, 0.6) is 0 Å². The van der Waals surface area contributed by atoms with E-state index in [-0.39, 0.29) is 0 Å². The minimum Gasteiger partial charge on any atom is -0.453 e. The van der Waals surface area contributed by atoms with Crippen molar-refractivity contribution in [3.63, 3.8) is 0 Å². The molecule has 0 saturated carbocycles. The molecule has 1 N–H and O–H groups in total. The minimum absolute atomic E-state index is 0.357. The second-order valence-electron chi connectivity index (χ2n) is 2.95. The molecule has 11 heavy (non-hydrogen) atoms. The third-order valence-electron chi connectivity index (χ3n) is 1.72. The Hall–Kier alpha value is -0.830. The highest BCUT2D eigenvalue weighted by Crippen LogP contribution is 2.27. The van der Waals surface area contributed by atoms with Crippen LogP contribution in [0.4, 0.5) is 0 Å². The van der Waals surface area contributed by atoms with E-state index in [2.05, 4.69) is 0 Å². The lowest BCUT2D eigenvalue weighted by atomic mass is 10.0. The maximum Gasteiger partial charge on any atom is 0.335 e. The number of aliphatic hydroxyl groups is 1. The maximum atomic E-state index is 10.8. The van der Waals surface area contributed by atoms with Crippen LogP contribution < -0.4 is 0 Å². The van der Waals surface area contributed by atoms with E-state index in [1.807, 2.05) is 13.0 Å². The highest BCUT2D eigenvalue weighted by atomic mass is 16.6. The van der Waals surface area contributed by atoms with Crippen LogP contribution in [-0.2, 0) is 9.53 Å². The Morgan fingerprint density at radius 1 is 1.82 bits per heavy atom. The molecule has 0 radical (unpaired) electrons. The van der Waals surface area contributed by atoms with Crippen molar-refractivity contribution in [1.82, 2.24) is 0 Å². The summed E-state index contributed by atoms with van der Waals surface area (Å²) in [6, 6.07) is 0. The third kappa shape index (κ3) is 1.60. The number of rotatable bonds is 1. The summed E-state index contributed by atoms with van der Waals surface area (Å²) in [6.07, 6.45) is 3.00. The molecule has 2 atom stereocenters. The largest absolute Gasteiger partial charge is 0.453 e. The molecule has 1 rings (SSSR count). The molecule has 3 nitrogen and oxygen atoms in total. The Balaban J connectivity index is 2.71. The van der Waals surface area contributed by atoms with E-state index < -0.39 is 17.7 Å². The monoisotopic (exact) mass is 156 g/mol. The third-order valence-corrected chi connectivity index (χ3v) is 1.72. The molecule has 0 aromatic heterocycles. The summed E-state index contributed by atoms with van der Waals surface area (Å²) in [6.45, 7) is 3.63. The lowest BCUT2D eigenvalue weighted by Crippen LogP contribution is -2.20. The van der Waals surface area contributed by atoms with Gasteiger partial charge in [-0.1, -0.05) is 6.08 Å². The Bertz CT molecular complexity index is 198. The molecule has 0 unspecified atom stereocenters. The van der Waals surface area contributed by atoms with Crippen molar-refractivity contribution < 1.29 is 14.6 Å². The van der Waals surface area contributed by atoms with Gasteiger partial charge in [0.15, 0.2) is 6.10 Å². The highest BCUT2D eigenvalue weighted by Gasteiger charge is 2.40. The number of carbonyl (C=O) groups excluding carboxylic acids is 1. The first-order valence-corrected chi connectivity index (χ1v) is 3.62. The van der Waals surface area contributed by atoms with Crippen LogP contribution in [0, 0.1) is 0 Å². The fraction of sp³-hybridized carbons (Fsp3) is 0.625. The van der Waals surface area contributed by atoms with E-state index in [0.29, 0.717) is 6.42 Å². The van der Waals surface area contributed by atoms with Gasteiger partial charge in [0.2, 0.25) is 0 Å². The molecule has 1 saturated heterocycles. The van der Waals surface area contributed by atoms with Gasteiger partial charge in [0.1, 0.15) is 5.60 Å².